The molecule has 9 nitrogen and oxygen atoms in total. The Hall–Kier alpha value is -3.96. The summed E-state index contributed by atoms with van der Waals surface area (Å²) in [4.78, 5) is 12.7. The molecule has 0 radical (unpaired) electrons. The van der Waals surface area contributed by atoms with Crippen LogP contribution in [0.5, 0.6) is 17.2 Å². The van der Waals surface area contributed by atoms with Crippen LogP contribution in [0.25, 0.3) is 10.8 Å². The van der Waals surface area contributed by atoms with Crippen LogP contribution in [0.15, 0.2) is 92.4 Å². The third-order valence-electron chi connectivity index (χ3n) is 5.24. The zero-order valence-electron chi connectivity index (χ0n) is 19.1. The lowest BCUT2D eigenvalue weighted by Crippen LogP contribution is -2.13. The van der Waals surface area contributed by atoms with Crippen molar-refractivity contribution in [3.05, 3.63) is 82.8 Å². The Labute approximate surface area is 215 Å². The van der Waals surface area contributed by atoms with E-state index < -0.39 is 15.9 Å². The van der Waals surface area contributed by atoms with E-state index in [1.54, 1.807) is 42.5 Å². The van der Waals surface area contributed by atoms with Crippen molar-refractivity contribution in [1.82, 2.24) is 0 Å². The molecular formula is C25H20BrN3O6S. The van der Waals surface area contributed by atoms with E-state index in [1.165, 1.54) is 44.6 Å². The van der Waals surface area contributed by atoms with Gasteiger partial charge >= 0.3 is 0 Å². The zero-order chi connectivity index (χ0) is 25.9. The van der Waals surface area contributed by atoms with Gasteiger partial charge in [0.15, 0.2) is 17.2 Å². The fourth-order valence-electron chi connectivity index (χ4n) is 3.45. The van der Waals surface area contributed by atoms with Gasteiger partial charge in [0.1, 0.15) is 5.69 Å². The number of hydrogen-bond donors (Lipinski definition) is 2. The summed E-state index contributed by atoms with van der Waals surface area (Å²) in [5.41, 5.74) is 0.266. The molecule has 36 heavy (non-hydrogen) atoms. The van der Waals surface area contributed by atoms with E-state index in [1.807, 2.05) is 0 Å². The number of nitrogens with zero attached hydrogens (tertiary/aromatic N) is 2. The number of fused-ring (bicyclic) bond motifs is 1. The Bertz CT molecular complexity index is 1590. The summed E-state index contributed by atoms with van der Waals surface area (Å²) in [5.74, 6) is -0.154. The number of azo groups is 1. The highest BCUT2D eigenvalue weighted by Gasteiger charge is 2.19. The van der Waals surface area contributed by atoms with Crippen molar-refractivity contribution >= 4 is 54.0 Å². The first-order valence-electron chi connectivity index (χ1n) is 10.4. The highest BCUT2D eigenvalue weighted by atomic mass is 79.9. The SMILES string of the molecule is COc1ccc(C(=O)N=Nc2cc(NS(=O)(=O)c3ccc(Br)cc3)c3ccccc3c2O)cc1OC. The van der Waals surface area contributed by atoms with Crippen LogP contribution >= 0.6 is 15.9 Å². The second-order valence-electron chi connectivity index (χ2n) is 7.47. The standard InChI is InChI=1S/C25H20BrN3O6S/c1-34-22-12-7-15(13-23(22)35-2)25(31)28-27-21-14-20(18-5-3-4-6-19(18)24(21)30)29-36(32,33)17-10-8-16(26)9-11-17/h3-14,29-30H,1-2H3. The molecule has 0 aliphatic carbocycles. The minimum absolute atomic E-state index is 0.0506. The van der Waals surface area contributed by atoms with E-state index in [4.69, 9.17) is 9.47 Å². The summed E-state index contributed by atoms with van der Waals surface area (Å²) in [6.07, 6.45) is 0. The number of ether oxygens (including phenoxy) is 2. The van der Waals surface area contributed by atoms with Crippen LogP contribution in [0.3, 0.4) is 0 Å². The van der Waals surface area contributed by atoms with E-state index in [0.717, 1.165) is 4.47 Å². The molecular weight excluding hydrogens is 550 g/mol. The number of halogens is 1. The van der Waals surface area contributed by atoms with Gasteiger partial charge in [0.25, 0.3) is 15.9 Å². The number of nitrogens with one attached hydrogen (secondary N) is 1. The Kier molecular flexibility index (Phi) is 7.22. The maximum absolute atomic E-state index is 13.0. The lowest BCUT2D eigenvalue weighted by molar-refractivity contribution is 0.0994. The number of sulfonamides is 1. The Balaban J connectivity index is 1.72. The van der Waals surface area contributed by atoms with E-state index in [-0.39, 0.29) is 27.6 Å². The van der Waals surface area contributed by atoms with Crippen molar-refractivity contribution in [2.24, 2.45) is 10.2 Å². The van der Waals surface area contributed by atoms with Crippen molar-refractivity contribution in [3.8, 4) is 17.2 Å². The molecule has 0 unspecified atom stereocenters. The summed E-state index contributed by atoms with van der Waals surface area (Å²) in [6.45, 7) is 0. The van der Waals surface area contributed by atoms with Gasteiger partial charge in [-0.15, -0.1) is 10.2 Å². The van der Waals surface area contributed by atoms with Gasteiger partial charge in [0.05, 0.1) is 24.8 Å². The van der Waals surface area contributed by atoms with Crippen molar-refractivity contribution < 1.29 is 27.8 Å². The predicted molar refractivity (Wildman–Crippen MR) is 139 cm³/mol. The highest BCUT2D eigenvalue weighted by Crippen LogP contribution is 2.40. The minimum Gasteiger partial charge on any atom is -0.505 e. The maximum Gasteiger partial charge on any atom is 0.295 e. The Morgan fingerprint density at radius 2 is 1.58 bits per heavy atom. The molecule has 0 aromatic heterocycles. The molecule has 0 saturated carbocycles. The molecule has 0 fully saturated rings. The number of carbonyl (C=O) groups excluding carboxylic acids is 1. The number of methoxy groups -OCH3 is 2. The molecule has 0 saturated heterocycles. The predicted octanol–water partition coefficient (Wildman–Crippen LogP) is 6.05. The largest absolute Gasteiger partial charge is 0.505 e. The molecule has 4 rings (SSSR count). The summed E-state index contributed by atoms with van der Waals surface area (Å²) >= 11 is 3.28. The van der Waals surface area contributed by atoms with Gasteiger partial charge in [-0.3, -0.25) is 9.52 Å². The first-order valence-corrected chi connectivity index (χ1v) is 12.7. The summed E-state index contributed by atoms with van der Waals surface area (Å²) in [5, 5.41) is 19.2. The minimum atomic E-state index is -3.96. The molecule has 0 aliphatic rings. The van der Waals surface area contributed by atoms with Gasteiger partial charge in [-0.25, -0.2) is 8.42 Å². The number of amides is 1. The molecule has 4 aromatic carbocycles. The van der Waals surface area contributed by atoms with Gasteiger partial charge in [0.2, 0.25) is 0 Å². The van der Waals surface area contributed by atoms with Crippen LogP contribution in [0, 0.1) is 0 Å². The van der Waals surface area contributed by atoms with Crippen LogP contribution in [-0.2, 0) is 10.0 Å². The first-order chi connectivity index (χ1) is 17.2. The van der Waals surface area contributed by atoms with Crippen LogP contribution in [-0.4, -0.2) is 33.7 Å². The molecule has 0 spiro atoms. The Morgan fingerprint density at radius 1 is 0.917 bits per heavy atom. The van der Waals surface area contributed by atoms with E-state index in [0.29, 0.717) is 22.3 Å². The number of phenols is 1. The molecule has 184 valence electrons. The molecule has 1 amide bonds. The van der Waals surface area contributed by atoms with Gasteiger partial charge in [-0.05, 0) is 48.5 Å². The average molecular weight is 570 g/mol. The molecule has 11 heteroatoms. The fourth-order valence-corrected chi connectivity index (χ4v) is 4.78. The average Bonchev–Trinajstić information content (AvgIpc) is 2.89. The van der Waals surface area contributed by atoms with Crippen LogP contribution < -0.4 is 14.2 Å². The van der Waals surface area contributed by atoms with Gasteiger partial charge in [-0.1, -0.05) is 40.2 Å². The second kappa shape index (κ2) is 10.3. The second-order valence-corrected chi connectivity index (χ2v) is 10.1. The highest BCUT2D eigenvalue weighted by molar-refractivity contribution is 9.10. The normalized spacial score (nSPS) is 11.5. The number of benzene rings is 4. The maximum atomic E-state index is 13.0. The number of aromatic hydroxyl groups is 1. The molecule has 4 aromatic rings. The van der Waals surface area contributed by atoms with Crippen LogP contribution in [0.2, 0.25) is 0 Å². The van der Waals surface area contributed by atoms with Crippen molar-refractivity contribution in [3.63, 3.8) is 0 Å². The Morgan fingerprint density at radius 3 is 2.25 bits per heavy atom. The number of phenolic OH excluding ortho intramolecular Hbond substituents is 1. The fraction of sp³-hybridized carbons (Fsp3) is 0.0800. The van der Waals surface area contributed by atoms with Gasteiger partial charge in [-0.2, -0.15) is 0 Å². The van der Waals surface area contributed by atoms with Crippen molar-refractivity contribution in [2.75, 3.05) is 18.9 Å². The zero-order valence-corrected chi connectivity index (χ0v) is 21.5. The third-order valence-corrected chi connectivity index (χ3v) is 7.15. The number of anilines is 1. The molecule has 0 heterocycles. The first kappa shape index (κ1) is 25.1. The third kappa shape index (κ3) is 5.16. The van der Waals surface area contributed by atoms with Crippen LogP contribution in [0.1, 0.15) is 10.4 Å². The summed E-state index contributed by atoms with van der Waals surface area (Å²) in [7, 11) is -1.04. The van der Waals surface area contributed by atoms with Crippen molar-refractivity contribution in [1.29, 1.82) is 0 Å². The smallest absolute Gasteiger partial charge is 0.295 e. The van der Waals surface area contributed by atoms with E-state index >= 15 is 0 Å². The van der Waals surface area contributed by atoms with Crippen molar-refractivity contribution in [2.45, 2.75) is 4.90 Å². The van der Waals surface area contributed by atoms with Crippen LogP contribution in [0.4, 0.5) is 11.4 Å². The molecule has 0 atom stereocenters. The quantitative estimate of drug-likeness (QED) is 0.206. The van der Waals surface area contributed by atoms with Gasteiger partial charge < -0.3 is 14.6 Å². The van der Waals surface area contributed by atoms with E-state index in [2.05, 4.69) is 30.9 Å². The summed E-state index contributed by atoms with van der Waals surface area (Å²) < 4.78 is 39.6. The number of carbonyl (C=O) groups is 1. The topological polar surface area (TPSA) is 127 Å². The van der Waals surface area contributed by atoms with Gasteiger partial charge in [0, 0.05) is 20.8 Å². The number of rotatable bonds is 7. The molecule has 0 bridgehead atoms. The summed E-state index contributed by atoms with van der Waals surface area (Å²) in [6, 6.07) is 18.6. The monoisotopic (exact) mass is 569 g/mol. The molecule has 2 N–H and O–H groups in total. The number of hydrogen-bond acceptors (Lipinski definition) is 7. The van der Waals surface area contributed by atoms with E-state index in [9.17, 15) is 18.3 Å². The lowest BCUT2D eigenvalue weighted by Gasteiger charge is -2.13. The molecule has 0 aliphatic heterocycles. The lowest BCUT2D eigenvalue weighted by atomic mass is 10.1.